The van der Waals surface area contributed by atoms with E-state index in [1.165, 1.54) is 18.2 Å². The van der Waals surface area contributed by atoms with E-state index in [0.717, 1.165) is 32.1 Å². The zero-order chi connectivity index (χ0) is 19.3. The van der Waals surface area contributed by atoms with Gasteiger partial charge in [0.2, 0.25) is 10.0 Å². The molecule has 1 saturated carbocycles. The van der Waals surface area contributed by atoms with Gasteiger partial charge in [0.1, 0.15) is 0 Å². The lowest BCUT2D eigenvalue weighted by Crippen LogP contribution is -2.36. The number of sulfonamides is 1. The van der Waals surface area contributed by atoms with Gasteiger partial charge in [-0.15, -0.1) is 0 Å². The van der Waals surface area contributed by atoms with Crippen LogP contribution in [0, 0.1) is 11.3 Å². The van der Waals surface area contributed by atoms with Crippen molar-refractivity contribution in [3.63, 3.8) is 0 Å². The molecule has 1 fully saturated rings. The van der Waals surface area contributed by atoms with E-state index in [1.807, 2.05) is 6.07 Å². The SMILES string of the molecule is N#Cc1cccc(C(=O)Nc2ccc(S(=O)(=O)NC3CCCCC3)cc2)c1. The molecule has 0 saturated heterocycles. The van der Waals surface area contributed by atoms with E-state index in [9.17, 15) is 13.2 Å². The highest BCUT2D eigenvalue weighted by Gasteiger charge is 2.21. The molecular weight excluding hydrogens is 362 g/mol. The smallest absolute Gasteiger partial charge is 0.255 e. The van der Waals surface area contributed by atoms with Crippen LogP contribution in [0.5, 0.6) is 0 Å². The fraction of sp³-hybridized carbons (Fsp3) is 0.300. The first kappa shape index (κ1) is 19.1. The second kappa shape index (κ2) is 8.33. The minimum absolute atomic E-state index is 0.00413. The molecule has 3 rings (SSSR count). The van der Waals surface area contributed by atoms with Gasteiger partial charge >= 0.3 is 0 Å². The Balaban J connectivity index is 1.67. The molecule has 6 nitrogen and oxygen atoms in total. The molecule has 0 radical (unpaired) electrons. The number of nitriles is 1. The van der Waals surface area contributed by atoms with Gasteiger partial charge in [0, 0.05) is 17.3 Å². The predicted molar refractivity (Wildman–Crippen MR) is 103 cm³/mol. The van der Waals surface area contributed by atoms with Crippen LogP contribution >= 0.6 is 0 Å². The van der Waals surface area contributed by atoms with Crippen LogP contribution in [0.3, 0.4) is 0 Å². The first-order valence-corrected chi connectivity index (χ1v) is 10.4. The van der Waals surface area contributed by atoms with Gasteiger partial charge in [-0.2, -0.15) is 5.26 Å². The molecular formula is C20H21N3O3S. The summed E-state index contributed by atoms with van der Waals surface area (Å²) in [5.41, 5.74) is 1.25. The van der Waals surface area contributed by atoms with Crippen molar-refractivity contribution < 1.29 is 13.2 Å². The lowest BCUT2D eigenvalue weighted by molar-refractivity contribution is 0.102. The number of nitrogens with zero attached hydrogens (tertiary/aromatic N) is 1. The Bertz CT molecular complexity index is 957. The Morgan fingerprint density at radius 1 is 1.04 bits per heavy atom. The maximum absolute atomic E-state index is 12.5. The molecule has 2 N–H and O–H groups in total. The van der Waals surface area contributed by atoms with Crippen LogP contribution in [0.25, 0.3) is 0 Å². The Morgan fingerprint density at radius 3 is 2.41 bits per heavy atom. The normalized spacial score (nSPS) is 15.1. The van der Waals surface area contributed by atoms with E-state index in [1.54, 1.807) is 30.3 Å². The number of carbonyl (C=O) groups is 1. The van der Waals surface area contributed by atoms with Gasteiger partial charge in [0.15, 0.2) is 0 Å². The maximum atomic E-state index is 12.5. The van der Waals surface area contributed by atoms with Crippen molar-refractivity contribution in [3.8, 4) is 6.07 Å². The Labute approximate surface area is 159 Å². The minimum atomic E-state index is -3.57. The first-order valence-electron chi connectivity index (χ1n) is 8.92. The maximum Gasteiger partial charge on any atom is 0.255 e. The van der Waals surface area contributed by atoms with Crippen molar-refractivity contribution in [2.24, 2.45) is 0 Å². The van der Waals surface area contributed by atoms with Gasteiger partial charge in [-0.3, -0.25) is 4.79 Å². The van der Waals surface area contributed by atoms with Crippen molar-refractivity contribution in [1.82, 2.24) is 4.72 Å². The monoisotopic (exact) mass is 383 g/mol. The second-order valence-electron chi connectivity index (χ2n) is 6.63. The van der Waals surface area contributed by atoms with Gasteiger partial charge in [-0.1, -0.05) is 25.3 Å². The third-order valence-electron chi connectivity index (χ3n) is 4.60. The lowest BCUT2D eigenvalue weighted by Gasteiger charge is -2.22. The number of rotatable bonds is 5. The summed E-state index contributed by atoms with van der Waals surface area (Å²) in [7, 11) is -3.57. The Hall–Kier alpha value is -2.69. The Morgan fingerprint density at radius 2 is 1.74 bits per heavy atom. The molecule has 0 heterocycles. The molecule has 1 aliphatic rings. The van der Waals surface area contributed by atoms with E-state index in [-0.39, 0.29) is 16.8 Å². The molecule has 2 aromatic rings. The largest absolute Gasteiger partial charge is 0.322 e. The van der Waals surface area contributed by atoms with E-state index in [0.29, 0.717) is 16.8 Å². The highest BCUT2D eigenvalue weighted by molar-refractivity contribution is 7.89. The molecule has 140 valence electrons. The quantitative estimate of drug-likeness (QED) is 0.826. The van der Waals surface area contributed by atoms with Gasteiger partial charge < -0.3 is 5.32 Å². The molecule has 0 unspecified atom stereocenters. The number of anilines is 1. The minimum Gasteiger partial charge on any atom is -0.322 e. The summed E-state index contributed by atoms with van der Waals surface area (Å²) in [6, 6.07) is 14.4. The molecule has 0 aliphatic heterocycles. The average molecular weight is 383 g/mol. The molecule has 0 aromatic heterocycles. The fourth-order valence-electron chi connectivity index (χ4n) is 3.16. The summed E-state index contributed by atoms with van der Waals surface area (Å²) in [5, 5.41) is 11.6. The van der Waals surface area contributed by atoms with Crippen molar-refractivity contribution in [2.45, 2.75) is 43.0 Å². The molecule has 27 heavy (non-hydrogen) atoms. The zero-order valence-electron chi connectivity index (χ0n) is 14.8. The van der Waals surface area contributed by atoms with E-state index < -0.39 is 10.0 Å². The molecule has 7 heteroatoms. The Kier molecular flexibility index (Phi) is 5.89. The number of hydrogen-bond acceptors (Lipinski definition) is 4. The summed E-state index contributed by atoms with van der Waals surface area (Å²) in [6.07, 6.45) is 4.99. The summed E-state index contributed by atoms with van der Waals surface area (Å²) in [4.78, 5) is 12.5. The first-order chi connectivity index (χ1) is 13.0. The van der Waals surface area contributed by atoms with Gasteiger partial charge in [-0.05, 0) is 55.3 Å². The lowest BCUT2D eigenvalue weighted by atomic mass is 9.96. The number of hydrogen-bond donors (Lipinski definition) is 2. The summed E-state index contributed by atoms with van der Waals surface area (Å²) in [6.45, 7) is 0. The third kappa shape index (κ3) is 4.94. The molecule has 0 atom stereocenters. The van der Waals surface area contributed by atoms with Crippen LogP contribution in [0.1, 0.15) is 48.0 Å². The number of benzene rings is 2. The van der Waals surface area contributed by atoms with E-state index in [2.05, 4.69) is 10.0 Å². The van der Waals surface area contributed by atoms with Gasteiger partial charge in [0.25, 0.3) is 5.91 Å². The topological polar surface area (TPSA) is 99.1 Å². The van der Waals surface area contributed by atoms with Crippen molar-refractivity contribution >= 4 is 21.6 Å². The molecule has 0 spiro atoms. The van der Waals surface area contributed by atoms with Gasteiger partial charge in [-0.25, -0.2) is 13.1 Å². The van der Waals surface area contributed by atoms with E-state index >= 15 is 0 Å². The van der Waals surface area contributed by atoms with Crippen LogP contribution in [-0.4, -0.2) is 20.4 Å². The second-order valence-corrected chi connectivity index (χ2v) is 8.34. The number of amides is 1. The van der Waals surface area contributed by atoms with Crippen LogP contribution in [0.15, 0.2) is 53.4 Å². The molecule has 1 amide bonds. The van der Waals surface area contributed by atoms with Crippen LogP contribution in [0.2, 0.25) is 0 Å². The van der Waals surface area contributed by atoms with Crippen molar-refractivity contribution in [2.75, 3.05) is 5.32 Å². The third-order valence-corrected chi connectivity index (χ3v) is 6.14. The number of carbonyl (C=O) groups excluding carboxylic acids is 1. The summed E-state index contributed by atoms with van der Waals surface area (Å²) in [5.74, 6) is -0.358. The highest BCUT2D eigenvalue weighted by atomic mass is 32.2. The highest BCUT2D eigenvalue weighted by Crippen LogP contribution is 2.21. The van der Waals surface area contributed by atoms with Crippen molar-refractivity contribution in [3.05, 3.63) is 59.7 Å². The standard InChI is InChI=1S/C20H21N3O3S/c21-14-15-5-4-6-16(13-15)20(24)22-17-9-11-19(12-10-17)27(25,26)23-18-7-2-1-3-8-18/h4-6,9-13,18,23H,1-3,7-8H2,(H,22,24). The average Bonchev–Trinajstić information content (AvgIpc) is 2.69. The summed E-state index contributed by atoms with van der Waals surface area (Å²) >= 11 is 0. The molecule has 0 bridgehead atoms. The van der Waals surface area contributed by atoms with Crippen LogP contribution in [0.4, 0.5) is 5.69 Å². The zero-order valence-corrected chi connectivity index (χ0v) is 15.6. The predicted octanol–water partition coefficient (Wildman–Crippen LogP) is 3.42. The van der Waals surface area contributed by atoms with E-state index in [4.69, 9.17) is 5.26 Å². The van der Waals surface area contributed by atoms with Crippen molar-refractivity contribution in [1.29, 1.82) is 5.26 Å². The van der Waals surface area contributed by atoms with Crippen LogP contribution < -0.4 is 10.0 Å². The summed E-state index contributed by atoms with van der Waals surface area (Å²) < 4.78 is 27.8. The number of nitrogens with one attached hydrogen (secondary N) is 2. The molecule has 2 aromatic carbocycles. The fourth-order valence-corrected chi connectivity index (χ4v) is 4.46. The molecule has 1 aliphatic carbocycles. The van der Waals surface area contributed by atoms with Gasteiger partial charge in [0.05, 0.1) is 16.5 Å². The van der Waals surface area contributed by atoms with Crippen LogP contribution in [-0.2, 0) is 10.0 Å².